The van der Waals surface area contributed by atoms with E-state index in [1.54, 1.807) is 6.07 Å². The van der Waals surface area contributed by atoms with Crippen molar-refractivity contribution in [1.82, 2.24) is 0 Å². The number of halogens is 2. The van der Waals surface area contributed by atoms with Crippen molar-refractivity contribution in [2.75, 3.05) is 0 Å². The van der Waals surface area contributed by atoms with Crippen LogP contribution in [0.3, 0.4) is 0 Å². The summed E-state index contributed by atoms with van der Waals surface area (Å²) in [5.41, 5.74) is 0.964. The van der Waals surface area contributed by atoms with Crippen LogP contribution >= 0.6 is 0 Å². The number of aryl methyl sites for hydroxylation is 1. The van der Waals surface area contributed by atoms with Crippen LogP contribution in [0.5, 0.6) is 0 Å². The Hall–Kier alpha value is 0.396. The van der Waals surface area contributed by atoms with Crippen molar-refractivity contribution in [2.24, 2.45) is 0 Å². The first-order valence-electron chi connectivity index (χ1n) is 2.43. The van der Waals surface area contributed by atoms with Gasteiger partial charge in [-0.15, -0.1) is 12.1 Å². The quantitative estimate of drug-likeness (QED) is 0.366. The molecule has 0 N–H and O–H groups in total. The van der Waals surface area contributed by atoms with E-state index in [-0.39, 0.29) is 45.9 Å². The van der Waals surface area contributed by atoms with Gasteiger partial charge in [0.15, 0.2) is 0 Å². The molecule has 10 heavy (non-hydrogen) atoms. The van der Waals surface area contributed by atoms with Crippen molar-refractivity contribution in [1.29, 1.82) is 0 Å². The molecule has 1 aromatic rings. The average molecular weight is 213 g/mol. The van der Waals surface area contributed by atoms with Crippen LogP contribution < -0.4 is 17.0 Å². The van der Waals surface area contributed by atoms with Gasteiger partial charge in [-0.05, 0) is 0 Å². The second-order valence-corrected chi connectivity index (χ2v) is 1.69. The molecule has 0 nitrogen and oxygen atoms in total. The van der Waals surface area contributed by atoms with Crippen molar-refractivity contribution >= 4 is 23.1 Å². The Bertz CT molecular complexity index is 152. The molecule has 0 aliphatic rings. The van der Waals surface area contributed by atoms with Crippen LogP contribution in [-0.2, 0) is 0 Å². The molecule has 0 saturated heterocycles. The third-order valence-corrected chi connectivity index (χ3v) is 0.930. The number of benzene rings is 1. The molecule has 1 rings (SSSR count). The third-order valence-electron chi connectivity index (χ3n) is 0.930. The van der Waals surface area contributed by atoms with Crippen molar-refractivity contribution in [2.45, 2.75) is 6.92 Å². The maximum absolute atomic E-state index is 12.1. The predicted octanol–water partition coefficient (Wildman–Crippen LogP) is -1.44. The van der Waals surface area contributed by atoms with Crippen molar-refractivity contribution in [3.63, 3.8) is 0 Å². The summed E-state index contributed by atoms with van der Waals surface area (Å²) in [6.45, 7) is 1.87. The molecule has 0 heterocycles. The van der Waals surface area contributed by atoms with Crippen molar-refractivity contribution < 1.29 is 21.4 Å². The molecule has 0 amide bonds. The molecular formula is C7H6BrFMg. The molecule has 0 atom stereocenters. The molecule has 0 bridgehead atoms. The summed E-state index contributed by atoms with van der Waals surface area (Å²) < 4.78 is 12.1. The Kier molecular flexibility index (Phi) is 7.98. The first kappa shape index (κ1) is 13.0. The average Bonchev–Trinajstić information content (AvgIpc) is 1.77. The maximum atomic E-state index is 12.1. The molecule has 3 heteroatoms. The summed E-state index contributed by atoms with van der Waals surface area (Å²) in [6.07, 6.45) is 0. The molecule has 0 aromatic heterocycles. The van der Waals surface area contributed by atoms with E-state index in [2.05, 4.69) is 6.07 Å². The van der Waals surface area contributed by atoms with E-state index < -0.39 is 0 Å². The van der Waals surface area contributed by atoms with Gasteiger partial charge in [0.05, 0.1) is 0 Å². The molecule has 0 aliphatic carbocycles. The van der Waals surface area contributed by atoms with E-state index in [4.69, 9.17) is 0 Å². The van der Waals surface area contributed by atoms with E-state index in [0.29, 0.717) is 0 Å². The molecule has 1 aromatic carbocycles. The minimum absolute atomic E-state index is 0. The Morgan fingerprint density at radius 3 is 2.30 bits per heavy atom. The van der Waals surface area contributed by atoms with Gasteiger partial charge in [-0.2, -0.15) is 17.7 Å². The maximum Gasteiger partial charge on any atom is 2.00 e. The molecule has 0 unspecified atom stereocenters. The van der Waals surface area contributed by atoms with Crippen LogP contribution in [0.15, 0.2) is 18.2 Å². The van der Waals surface area contributed by atoms with Gasteiger partial charge in [-0.3, -0.25) is 4.39 Å². The smallest absolute Gasteiger partial charge is 1.00 e. The Morgan fingerprint density at radius 1 is 1.40 bits per heavy atom. The van der Waals surface area contributed by atoms with Crippen LogP contribution in [0.25, 0.3) is 0 Å². The Balaban J connectivity index is 0. The van der Waals surface area contributed by atoms with Crippen molar-refractivity contribution in [3.8, 4) is 0 Å². The van der Waals surface area contributed by atoms with Gasteiger partial charge in [0, 0.05) is 5.82 Å². The Morgan fingerprint density at radius 2 is 2.00 bits per heavy atom. The summed E-state index contributed by atoms with van der Waals surface area (Å²) in [6, 6.07) is 7.17. The fraction of sp³-hybridized carbons (Fsp3) is 0.143. The third kappa shape index (κ3) is 4.25. The first-order valence-corrected chi connectivity index (χ1v) is 2.43. The van der Waals surface area contributed by atoms with E-state index in [0.717, 1.165) is 5.56 Å². The van der Waals surface area contributed by atoms with Crippen LogP contribution in [0.4, 0.5) is 4.39 Å². The molecule has 0 spiro atoms. The molecule has 0 aliphatic heterocycles. The molecule has 0 fully saturated rings. The van der Waals surface area contributed by atoms with Crippen LogP contribution in [0.2, 0.25) is 0 Å². The van der Waals surface area contributed by atoms with E-state index >= 15 is 0 Å². The SMILES string of the molecule is Cc1[c-]cc(F)cc1.[Br-].[Mg+2]. The van der Waals surface area contributed by atoms with Crippen LogP contribution in [-0.4, -0.2) is 23.1 Å². The number of rotatable bonds is 0. The molecular weight excluding hydrogens is 207 g/mol. The summed E-state index contributed by atoms with van der Waals surface area (Å²) in [5, 5.41) is 0. The van der Waals surface area contributed by atoms with Gasteiger partial charge in [0.1, 0.15) is 0 Å². The minimum atomic E-state index is -0.226. The number of hydrogen-bond acceptors (Lipinski definition) is 0. The predicted molar refractivity (Wildman–Crippen MR) is 35.7 cm³/mol. The topological polar surface area (TPSA) is 0 Å². The zero-order valence-corrected chi connectivity index (χ0v) is 8.70. The van der Waals surface area contributed by atoms with Crippen LogP contribution in [0.1, 0.15) is 5.56 Å². The van der Waals surface area contributed by atoms with E-state index in [9.17, 15) is 4.39 Å². The van der Waals surface area contributed by atoms with E-state index in [1.165, 1.54) is 12.1 Å². The van der Waals surface area contributed by atoms with Crippen molar-refractivity contribution in [3.05, 3.63) is 35.6 Å². The van der Waals surface area contributed by atoms with Gasteiger partial charge in [0.25, 0.3) is 0 Å². The molecule has 50 valence electrons. The van der Waals surface area contributed by atoms with Gasteiger partial charge >= 0.3 is 23.1 Å². The fourth-order valence-electron chi connectivity index (χ4n) is 0.484. The summed E-state index contributed by atoms with van der Waals surface area (Å²) >= 11 is 0. The van der Waals surface area contributed by atoms with Gasteiger partial charge in [-0.25, -0.2) is 0 Å². The van der Waals surface area contributed by atoms with Gasteiger partial charge in [-0.1, -0.05) is 6.92 Å². The molecule has 0 radical (unpaired) electrons. The second kappa shape index (κ2) is 6.13. The van der Waals surface area contributed by atoms with Gasteiger partial charge in [0.2, 0.25) is 0 Å². The fourth-order valence-corrected chi connectivity index (χ4v) is 0.484. The largest absolute Gasteiger partial charge is 2.00 e. The first-order chi connectivity index (χ1) is 3.79. The van der Waals surface area contributed by atoms with Gasteiger partial charge < -0.3 is 17.0 Å². The van der Waals surface area contributed by atoms with Crippen LogP contribution in [0, 0.1) is 18.8 Å². The monoisotopic (exact) mass is 212 g/mol. The zero-order chi connectivity index (χ0) is 5.98. The standard InChI is InChI=1S/C7H6F.BrH.Mg/c1-6-2-4-7(8)5-3-6;;/h2,4-5H,1H3;1H;/q-1;;+2/p-1. The zero-order valence-electron chi connectivity index (χ0n) is 5.70. The summed E-state index contributed by atoms with van der Waals surface area (Å²) in [7, 11) is 0. The summed E-state index contributed by atoms with van der Waals surface area (Å²) in [4.78, 5) is 0. The number of hydrogen-bond donors (Lipinski definition) is 0. The normalized spacial score (nSPS) is 7.40. The second-order valence-electron chi connectivity index (χ2n) is 1.69. The summed E-state index contributed by atoms with van der Waals surface area (Å²) in [5.74, 6) is -0.226. The Labute approximate surface area is 86.7 Å². The van der Waals surface area contributed by atoms with E-state index in [1.807, 2.05) is 6.92 Å². The minimum Gasteiger partial charge on any atom is -1.00 e. The molecule has 0 saturated carbocycles.